The molecule has 2 heteroatoms. The van der Waals surface area contributed by atoms with Gasteiger partial charge in [-0.25, -0.2) is 0 Å². The summed E-state index contributed by atoms with van der Waals surface area (Å²) in [5.74, 6) is 0. The predicted octanol–water partition coefficient (Wildman–Crippen LogP) is 15.0. The fraction of sp³-hybridized carbons (Fsp3) is 0. The van der Waals surface area contributed by atoms with Crippen molar-refractivity contribution in [2.75, 3.05) is 4.90 Å². The molecular formula is C54H36N2. The zero-order valence-electron chi connectivity index (χ0n) is 30.7. The maximum absolute atomic E-state index is 2.41. The van der Waals surface area contributed by atoms with Crippen molar-refractivity contribution < 1.29 is 0 Å². The zero-order chi connectivity index (χ0) is 37.0. The van der Waals surface area contributed by atoms with Gasteiger partial charge in [-0.05, 0) is 127 Å². The fourth-order valence-electron chi connectivity index (χ4n) is 8.57. The molecule has 1 heterocycles. The molecule has 0 N–H and O–H groups in total. The highest BCUT2D eigenvalue weighted by atomic mass is 15.1. The Hall–Kier alpha value is -7.42. The van der Waals surface area contributed by atoms with Crippen LogP contribution in [0.25, 0.3) is 82.1 Å². The van der Waals surface area contributed by atoms with Crippen LogP contribution in [0.2, 0.25) is 0 Å². The van der Waals surface area contributed by atoms with Crippen molar-refractivity contribution >= 4 is 71.2 Å². The number of para-hydroxylation sites is 1. The number of anilines is 3. The van der Waals surface area contributed by atoms with Gasteiger partial charge in [0.25, 0.3) is 0 Å². The van der Waals surface area contributed by atoms with Gasteiger partial charge in [-0.1, -0.05) is 146 Å². The molecule has 2 nitrogen and oxygen atoms in total. The SMILES string of the molecule is c1ccc(-c2ccc(N(c3ccc(-n4c5ccccc5c5c6ccccc6ccc54)cc3)c3ccc4cc(-c5ccc6ccccc6c5)ccc4c3)cc2)cc1. The third-order valence-electron chi connectivity index (χ3n) is 11.3. The van der Waals surface area contributed by atoms with E-state index in [1.807, 2.05) is 0 Å². The molecule has 0 spiro atoms. The van der Waals surface area contributed by atoms with Crippen LogP contribution < -0.4 is 4.90 Å². The van der Waals surface area contributed by atoms with E-state index in [2.05, 4.69) is 228 Å². The van der Waals surface area contributed by atoms with E-state index in [4.69, 9.17) is 0 Å². The van der Waals surface area contributed by atoms with Crippen molar-refractivity contribution in [3.05, 3.63) is 218 Å². The van der Waals surface area contributed by atoms with Crippen LogP contribution in [0.1, 0.15) is 0 Å². The van der Waals surface area contributed by atoms with E-state index in [0.717, 1.165) is 22.7 Å². The van der Waals surface area contributed by atoms with Crippen LogP contribution in [0.5, 0.6) is 0 Å². The van der Waals surface area contributed by atoms with Crippen LogP contribution in [0.15, 0.2) is 218 Å². The number of benzene rings is 10. The largest absolute Gasteiger partial charge is 0.310 e. The second-order valence-corrected chi connectivity index (χ2v) is 14.6. The molecule has 0 aliphatic rings. The average molecular weight is 713 g/mol. The first-order chi connectivity index (χ1) is 27.7. The van der Waals surface area contributed by atoms with E-state index < -0.39 is 0 Å². The molecule has 0 saturated heterocycles. The number of nitrogens with zero attached hydrogens (tertiary/aromatic N) is 2. The molecule has 0 unspecified atom stereocenters. The lowest BCUT2D eigenvalue weighted by Gasteiger charge is -2.26. The van der Waals surface area contributed by atoms with Crippen molar-refractivity contribution in [1.82, 2.24) is 4.57 Å². The minimum Gasteiger partial charge on any atom is -0.310 e. The maximum atomic E-state index is 2.41. The first-order valence-electron chi connectivity index (χ1n) is 19.3. The van der Waals surface area contributed by atoms with E-state index in [-0.39, 0.29) is 0 Å². The summed E-state index contributed by atoms with van der Waals surface area (Å²) in [6, 6.07) is 79.5. The Morgan fingerprint density at radius 3 is 1.55 bits per heavy atom. The second kappa shape index (κ2) is 13.2. The molecule has 1 aromatic heterocycles. The lowest BCUT2D eigenvalue weighted by Crippen LogP contribution is -2.10. The Bertz CT molecular complexity index is 3230. The van der Waals surface area contributed by atoms with E-state index in [1.165, 1.54) is 76.4 Å². The van der Waals surface area contributed by atoms with Crippen LogP contribution in [0, 0.1) is 0 Å². The molecule has 56 heavy (non-hydrogen) atoms. The summed E-state index contributed by atoms with van der Waals surface area (Å²) in [4.78, 5) is 2.37. The van der Waals surface area contributed by atoms with Gasteiger partial charge < -0.3 is 9.47 Å². The third-order valence-corrected chi connectivity index (χ3v) is 11.3. The summed E-state index contributed by atoms with van der Waals surface area (Å²) in [6.07, 6.45) is 0. The van der Waals surface area contributed by atoms with Gasteiger partial charge in [0.05, 0.1) is 11.0 Å². The molecule has 0 fully saturated rings. The lowest BCUT2D eigenvalue weighted by molar-refractivity contribution is 1.17. The quantitative estimate of drug-likeness (QED) is 0.167. The summed E-state index contributed by atoms with van der Waals surface area (Å²) < 4.78 is 2.41. The first kappa shape index (κ1) is 32.0. The number of rotatable bonds is 6. The number of hydrogen-bond donors (Lipinski definition) is 0. The minimum absolute atomic E-state index is 1.10. The van der Waals surface area contributed by atoms with Crippen molar-refractivity contribution in [3.63, 3.8) is 0 Å². The molecule has 0 saturated carbocycles. The number of fused-ring (bicyclic) bond motifs is 7. The van der Waals surface area contributed by atoms with Gasteiger partial charge in [0.15, 0.2) is 0 Å². The maximum Gasteiger partial charge on any atom is 0.0547 e. The second-order valence-electron chi connectivity index (χ2n) is 14.6. The van der Waals surface area contributed by atoms with Crippen molar-refractivity contribution in [1.29, 1.82) is 0 Å². The Morgan fingerprint density at radius 2 is 0.786 bits per heavy atom. The average Bonchev–Trinajstić information content (AvgIpc) is 3.62. The van der Waals surface area contributed by atoms with E-state index in [0.29, 0.717) is 0 Å². The van der Waals surface area contributed by atoms with Crippen LogP contribution >= 0.6 is 0 Å². The predicted molar refractivity (Wildman–Crippen MR) is 239 cm³/mol. The van der Waals surface area contributed by atoms with E-state index in [1.54, 1.807) is 0 Å². The Morgan fingerprint density at radius 1 is 0.286 bits per heavy atom. The summed E-state index contributed by atoms with van der Waals surface area (Å²) in [7, 11) is 0. The van der Waals surface area contributed by atoms with Crippen LogP contribution in [0.3, 0.4) is 0 Å². The van der Waals surface area contributed by atoms with Crippen LogP contribution in [-0.2, 0) is 0 Å². The summed E-state index contributed by atoms with van der Waals surface area (Å²) >= 11 is 0. The Kier molecular flexibility index (Phi) is 7.53. The molecule has 10 aromatic carbocycles. The van der Waals surface area contributed by atoms with Crippen molar-refractivity contribution in [3.8, 4) is 27.9 Å². The summed E-state index contributed by atoms with van der Waals surface area (Å²) in [5, 5.41) is 10.0. The number of aromatic nitrogens is 1. The highest BCUT2D eigenvalue weighted by Crippen LogP contribution is 2.40. The van der Waals surface area contributed by atoms with Crippen LogP contribution in [-0.4, -0.2) is 4.57 Å². The molecular weight excluding hydrogens is 677 g/mol. The molecule has 11 rings (SSSR count). The van der Waals surface area contributed by atoms with Crippen molar-refractivity contribution in [2.24, 2.45) is 0 Å². The van der Waals surface area contributed by atoms with E-state index in [9.17, 15) is 0 Å². The first-order valence-corrected chi connectivity index (χ1v) is 19.3. The smallest absolute Gasteiger partial charge is 0.0547 e. The highest BCUT2D eigenvalue weighted by molar-refractivity contribution is 6.21. The standard InChI is InChI=1S/C54H36N2/c1-2-10-37(11-3-1)39-22-26-46(27-23-39)55(49-28-24-44-35-43(20-21-45(44)36-49)42-19-18-38-12-4-5-14-41(38)34-42)47-29-31-48(32-30-47)56-52-17-9-8-16-51(52)54-50-15-7-6-13-40(50)25-33-53(54)56/h1-36H. The topological polar surface area (TPSA) is 8.17 Å². The molecule has 0 bridgehead atoms. The lowest BCUT2D eigenvalue weighted by atomic mass is 9.98. The highest BCUT2D eigenvalue weighted by Gasteiger charge is 2.17. The fourth-order valence-corrected chi connectivity index (χ4v) is 8.57. The molecule has 0 aliphatic carbocycles. The van der Waals surface area contributed by atoms with Gasteiger partial charge in [0.2, 0.25) is 0 Å². The van der Waals surface area contributed by atoms with Gasteiger partial charge in [-0.3, -0.25) is 0 Å². The van der Waals surface area contributed by atoms with Gasteiger partial charge >= 0.3 is 0 Å². The third kappa shape index (κ3) is 5.42. The minimum atomic E-state index is 1.10. The molecule has 262 valence electrons. The summed E-state index contributed by atoms with van der Waals surface area (Å²) in [5.41, 5.74) is 11.7. The zero-order valence-corrected chi connectivity index (χ0v) is 30.7. The Balaban J connectivity index is 1.02. The van der Waals surface area contributed by atoms with Crippen molar-refractivity contribution in [2.45, 2.75) is 0 Å². The Labute approximate surface area is 325 Å². The molecule has 11 aromatic rings. The molecule has 0 aliphatic heterocycles. The molecule has 0 radical (unpaired) electrons. The molecule has 0 amide bonds. The summed E-state index contributed by atoms with van der Waals surface area (Å²) in [6.45, 7) is 0. The van der Waals surface area contributed by atoms with Gasteiger partial charge in [0, 0.05) is 33.5 Å². The normalized spacial score (nSPS) is 11.6. The van der Waals surface area contributed by atoms with Gasteiger partial charge in [-0.2, -0.15) is 0 Å². The van der Waals surface area contributed by atoms with Gasteiger partial charge in [-0.15, -0.1) is 0 Å². The number of hydrogen-bond acceptors (Lipinski definition) is 1. The molecule has 0 atom stereocenters. The monoisotopic (exact) mass is 712 g/mol. The van der Waals surface area contributed by atoms with E-state index >= 15 is 0 Å². The van der Waals surface area contributed by atoms with Crippen LogP contribution in [0.4, 0.5) is 17.1 Å². The van der Waals surface area contributed by atoms with Gasteiger partial charge in [0.1, 0.15) is 0 Å².